The van der Waals surface area contributed by atoms with Crippen molar-refractivity contribution < 1.29 is 22.1 Å². The van der Waals surface area contributed by atoms with Gasteiger partial charge in [0, 0.05) is 25.7 Å². The Morgan fingerprint density at radius 2 is 1.95 bits per heavy atom. The maximum absolute atomic E-state index is 13.6. The Hall–Kier alpha value is -1.65. The SMILES string of the molecule is CN(CCCN)S(=O)(=O)c1cc([N+](=O)[O-])c(F)cc1F. The van der Waals surface area contributed by atoms with E-state index in [0.29, 0.717) is 12.5 Å². The Morgan fingerprint density at radius 1 is 1.35 bits per heavy atom. The Bertz CT molecular complexity index is 621. The summed E-state index contributed by atoms with van der Waals surface area (Å²) in [5, 5.41) is 10.6. The standard InChI is InChI=1S/C10H13F2N3O4S/c1-14(4-2-3-13)20(18,19)10-6-9(15(16)17)7(11)5-8(10)12/h5-6H,2-4,13H2,1H3. The molecule has 112 valence electrons. The molecule has 0 heterocycles. The molecule has 0 aliphatic rings. The zero-order chi connectivity index (χ0) is 15.5. The van der Waals surface area contributed by atoms with Gasteiger partial charge in [-0.05, 0) is 13.0 Å². The van der Waals surface area contributed by atoms with Crippen LogP contribution in [0, 0.1) is 21.7 Å². The molecule has 0 fully saturated rings. The zero-order valence-electron chi connectivity index (χ0n) is 10.5. The van der Waals surface area contributed by atoms with Gasteiger partial charge in [0.1, 0.15) is 10.7 Å². The lowest BCUT2D eigenvalue weighted by Crippen LogP contribution is -2.30. The maximum Gasteiger partial charge on any atom is 0.306 e. The van der Waals surface area contributed by atoms with Gasteiger partial charge in [-0.15, -0.1) is 0 Å². The third-order valence-electron chi connectivity index (χ3n) is 2.56. The second-order valence-corrected chi connectivity index (χ2v) is 5.97. The minimum absolute atomic E-state index is 0.0173. The molecule has 0 aliphatic heterocycles. The van der Waals surface area contributed by atoms with Gasteiger partial charge in [0.25, 0.3) is 0 Å². The van der Waals surface area contributed by atoms with Gasteiger partial charge in [0.2, 0.25) is 15.8 Å². The molecule has 0 aromatic heterocycles. The molecule has 0 spiro atoms. The van der Waals surface area contributed by atoms with Crippen LogP contribution in [-0.4, -0.2) is 37.8 Å². The largest absolute Gasteiger partial charge is 0.330 e. The lowest BCUT2D eigenvalue weighted by molar-refractivity contribution is -0.387. The fourth-order valence-corrected chi connectivity index (χ4v) is 2.73. The van der Waals surface area contributed by atoms with Gasteiger partial charge in [-0.1, -0.05) is 0 Å². The second kappa shape index (κ2) is 6.20. The van der Waals surface area contributed by atoms with Crippen molar-refractivity contribution in [3.05, 3.63) is 33.9 Å². The van der Waals surface area contributed by atoms with E-state index in [0.717, 1.165) is 4.31 Å². The molecule has 0 atom stereocenters. The molecule has 10 heteroatoms. The first-order chi connectivity index (χ1) is 9.21. The summed E-state index contributed by atoms with van der Waals surface area (Å²) in [5.74, 6) is -2.82. The first-order valence-electron chi connectivity index (χ1n) is 5.51. The molecule has 0 radical (unpaired) electrons. The van der Waals surface area contributed by atoms with Crippen LogP contribution in [0.15, 0.2) is 17.0 Å². The molecule has 0 saturated carbocycles. The monoisotopic (exact) mass is 309 g/mol. The molecule has 20 heavy (non-hydrogen) atoms. The van der Waals surface area contributed by atoms with Crippen molar-refractivity contribution in [2.45, 2.75) is 11.3 Å². The van der Waals surface area contributed by atoms with Crippen molar-refractivity contribution in [1.29, 1.82) is 0 Å². The quantitative estimate of drug-likeness (QED) is 0.619. The van der Waals surface area contributed by atoms with Crippen molar-refractivity contribution in [3.8, 4) is 0 Å². The third kappa shape index (κ3) is 3.26. The van der Waals surface area contributed by atoms with E-state index in [2.05, 4.69) is 0 Å². The van der Waals surface area contributed by atoms with Gasteiger partial charge in [0.15, 0.2) is 0 Å². The minimum atomic E-state index is -4.28. The van der Waals surface area contributed by atoms with Crippen LogP contribution >= 0.6 is 0 Å². The van der Waals surface area contributed by atoms with Crippen molar-refractivity contribution in [1.82, 2.24) is 4.31 Å². The first kappa shape index (κ1) is 16.4. The van der Waals surface area contributed by atoms with E-state index >= 15 is 0 Å². The predicted octanol–water partition coefficient (Wildman–Crippen LogP) is 0.842. The van der Waals surface area contributed by atoms with E-state index in [1.54, 1.807) is 0 Å². The number of nitro benzene ring substituents is 1. The average molecular weight is 309 g/mol. The van der Waals surface area contributed by atoms with Gasteiger partial charge in [-0.25, -0.2) is 17.1 Å². The van der Waals surface area contributed by atoms with Gasteiger partial charge in [-0.2, -0.15) is 4.39 Å². The van der Waals surface area contributed by atoms with Crippen LogP contribution in [0.25, 0.3) is 0 Å². The van der Waals surface area contributed by atoms with Crippen LogP contribution in [0.5, 0.6) is 0 Å². The van der Waals surface area contributed by atoms with Crippen molar-refractivity contribution >= 4 is 15.7 Å². The van der Waals surface area contributed by atoms with Gasteiger partial charge < -0.3 is 5.73 Å². The van der Waals surface area contributed by atoms with Gasteiger partial charge in [-0.3, -0.25) is 10.1 Å². The molecule has 1 aromatic rings. The Kier molecular flexibility index (Phi) is 5.09. The Morgan fingerprint density at radius 3 is 2.45 bits per heavy atom. The van der Waals surface area contributed by atoms with E-state index in [1.807, 2.05) is 0 Å². The van der Waals surface area contributed by atoms with E-state index in [1.165, 1.54) is 7.05 Å². The molecule has 0 bridgehead atoms. The van der Waals surface area contributed by atoms with Crippen LogP contribution in [-0.2, 0) is 10.0 Å². The molecule has 7 nitrogen and oxygen atoms in total. The third-order valence-corrected chi connectivity index (χ3v) is 4.44. The average Bonchev–Trinajstić information content (AvgIpc) is 2.34. The number of halogens is 2. The summed E-state index contributed by atoms with van der Waals surface area (Å²) in [4.78, 5) is 8.52. The van der Waals surface area contributed by atoms with E-state index in [-0.39, 0.29) is 19.2 Å². The number of hydrogen-bond acceptors (Lipinski definition) is 5. The van der Waals surface area contributed by atoms with Gasteiger partial charge >= 0.3 is 5.69 Å². The Labute approximate surface area is 114 Å². The smallest absolute Gasteiger partial charge is 0.306 e. The normalized spacial score (nSPS) is 11.8. The Balaban J connectivity index is 3.31. The minimum Gasteiger partial charge on any atom is -0.330 e. The van der Waals surface area contributed by atoms with E-state index < -0.39 is 37.2 Å². The predicted molar refractivity (Wildman–Crippen MR) is 66.5 cm³/mol. The van der Waals surface area contributed by atoms with Gasteiger partial charge in [0.05, 0.1) is 4.92 Å². The van der Waals surface area contributed by atoms with E-state index in [9.17, 15) is 27.3 Å². The fraction of sp³-hybridized carbons (Fsp3) is 0.400. The zero-order valence-corrected chi connectivity index (χ0v) is 11.4. The number of nitro groups is 1. The number of rotatable bonds is 6. The summed E-state index contributed by atoms with van der Waals surface area (Å²) in [6.07, 6.45) is 0.334. The highest BCUT2D eigenvalue weighted by Crippen LogP contribution is 2.26. The molecule has 0 amide bonds. The van der Waals surface area contributed by atoms with Crippen molar-refractivity contribution in [2.24, 2.45) is 5.73 Å². The number of benzene rings is 1. The molecule has 1 rings (SSSR count). The highest BCUT2D eigenvalue weighted by atomic mass is 32.2. The highest BCUT2D eigenvalue weighted by molar-refractivity contribution is 7.89. The summed E-state index contributed by atoms with van der Waals surface area (Å²) in [6.45, 7) is 0.245. The molecule has 1 aromatic carbocycles. The van der Waals surface area contributed by atoms with Crippen LogP contribution in [0.2, 0.25) is 0 Å². The van der Waals surface area contributed by atoms with Crippen LogP contribution in [0.3, 0.4) is 0 Å². The lowest BCUT2D eigenvalue weighted by atomic mass is 10.3. The fourth-order valence-electron chi connectivity index (χ4n) is 1.46. The number of nitrogens with two attached hydrogens (primary N) is 1. The van der Waals surface area contributed by atoms with Crippen molar-refractivity contribution in [2.75, 3.05) is 20.1 Å². The summed E-state index contributed by atoms with van der Waals surface area (Å²) < 4.78 is 51.6. The molecule has 0 unspecified atom stereocenters. The summed E-state index contributed by atoms with van der Waals surface area (Å²) in [7, 11) is -3.10. The molecular formula is C10H13F2N3O4S. The van der Waals surface area contributed by atoms with Crippen molar-refractivity contribution in [3.63, 3.8) is 0 Å². The highest BCUT2D eigenvalue weighted by Gasteiger charge is 2.29. The summed E-state index contributed by atoms with van der Waals surface area (Å²) >= 11 is 0. The molecule has 0 saturated heterocycles. The molecule has 0 aliphatic carbocycles. The number of hydrogen-bond donors (Lipinski definition) is 1. The van der Waals surface area contributed by atoms with Crippen LogP contribution < -0.4 is 5.73 Å². The summed E-state index contributed by atoms with van der Waals surface area (Å²) in [5.41, 5.74) is 4.14. The number of nitrogens with zero attached hydrogens (tertiary/aromatic N) is 2. The van der Waals surface area contributed by atoms with Crippen LogP contribution in [0.4, 0.5) is 14.5 Å². The topological polar surface area (TPSA) is 107 Å². The van der Waals surface area contributed by atoms with Crippen LogP contribution in [0.1, 0.15) is 6.42 Å². The first-order valence-corrected chi connectivity index (χ1v) is 6.95. The molecular weight excluding hydrogens is 296 g/mol. The number of sulfonamides is 1. The maximum atomic E-state index is 13.6. The lowest BCUT2D eigenvalue weighted by Gasteiger charge is -2.17. The second-order valence-electron chi connectivity index (χ2n) is 3.96. The summed E-state index contributed by atoms with van der Waals surface area (Å²) in [6, 6.07) is 0.556. The van der Waals surface area contributed by atoms with E-state index in [4.69, 9.17) is 5.73 Å². The molecule has 2 N–H and O–H groups in total.